The molecule has 0 N–H and O–H groups in total. The van der Waals surface area contributed by atoms with Crippen LogP contribution in [0.25, 0.3) is 0 Å². The van der Waals surface area contributed by atoms with Crippen LogP contribution in [-0.4, -0.2) is 40.3 Å². The number of hydrogen-bond donors (Lipinski definition) is 0. The molecule has 0 aliphatic carbocycles. The maximum atomic E-state index is 13.1. The lowest BCUT2D eigenvalue weighted by Crippen LogP contribution is -2.47. The Morgan fingerprint density at radius 3 is 2.92 bits per heavy atom. The van der Waals surface area contributed by atoms with Gasteiger partial charge in [0.15, 0.2) is 0 Å². The fourth-order valence-corrected chi connectivity index (χ4v) is 4.14. The number of piperidine rings is 1. The first kappa shape index (κ1) is 15.4. The van der Waals surface area contributed by atoms with E-state index in [1.807, 2.05) is 29.3 Å². The van der Waals surface area contributed by atoms with Crippen LogP contribution in [0.15, 0.2) is 47.5 Å². The van der Waals surface area contributed by atoms with Gasteiger partial charge in [-0.25, -0.2) is 0 Å². The van der Waals surface area contributed by atoms with E-state index in [-0.39, 0.29) is 5.41 Å². The fourth-order valence-electron chi connectivity index (χ4n) is 4.14. The lowest BCUT2D eigenvalue weighted by molar-refractivity contribution is -0.139. The van der Waals surface area contributed by atoms with E-state index in [4.69, 9.17) is 4.42 Å². The van der Waals surface area contributed by atoms with Gasteiger partial charge in [0.2, 0.25) is 5.91 Å². The number of rotatable bonds is 4. The van der Waals surface area contributed by atoms with Crippen molar-refractivity contribution in [2.45, 2.75) is 32.4 Å². The Hall–Kier alpha value is -2.14. The molecule has 0 radical (unpaired) electrons. The number of carbonyl (C=O) groups is 1. The average molecular weight is 325 g/mol. The molecule has 0 bridgehead atoms. The van der Waals surface area contributed by atoms with Crippen molar-refractivity contribution in [1.82, 2.24) is 14.8 Å². The van der Waals surface area contributed by atoms with Gasteiger partial charge < -0.3 is 9.32 Å². The topological polar surface area (TPSA) is 49.6 Å². The fraction of sp³-hybridized carbons (Fsp3) is 0.474. The zero-order valence-electron chi connectivity index (χ0n) is 13.9. The smallest absolute Gasteiger partial charge is 0.230 e. The van der Waals surface area contributed by atoms with Crippen molar-refractivity contribution < 1.29 is 9.21 Å². The van der Waals surface area contributed by atoms with E-state index in [2.05, 4.69) is 9.88 Å². The molecule has 0 saturated carbocycles. The summed E-state index contributed by atoms with van der Waals surface area (Å²) >= 11 is 0. The molecule has 2 saturated heterocycles. The standard InChI is InChI=1S/C19H23N3O2/c23-18-19(6-9-22(18)13-16-3-1-7-20-11-16)5-2-8-21(15-19)12-17-4-10-24-14-17/h1,3-4,7,10-11,14H,2,5-6,8-9,12-13,15H2/t19-/m1/s1. The minimum atomic E-state index is -0.190. The molecule has 0 aromatic carbocycles. The second kappa shape index (κ2) is 6.40. The summed E-state index contributed by atoms with van der Waals surface area (Å²) in [6.07, 6.45) is 10.2. The number of furan rings is 1. The summed E-state index contributed by atoms with van der Waals surface area (Å²) in [5.74, 6) is 0.322. The Labute approximate surface area is 142 Å². The third kappa shape index (κ3) is 2.96. The van der Waals surface area contributed by atoms with Crippen molar-refractivity contribution in [3.63, 3.8) is 0 Å². The molecule has 24 heavy (non-hydrogen) atoms. The maximum Gasteiger partial charge on any atom is 0.230 e. The van der Waals surface area contributed by atoms with Gasteiger partial charge in [0.1, 0.15) is 0 Å². The molecule has 126 valence electrons. The van der Waals surface area contributed by atoms with Crippen LogP contribution in [0.1, 0.15) is 30.4 Å². The van der Waals surface area contributed by atoms with Crippen LogP contribution in [0.4, 0.5) is 0 Å². The molecule has 2 aliphatic rings. The number of hydrogen-bond acceptors (Lipinski definition) is 4. The summed E-state index contributed by atoms with van der Waals surface area (Å²) in [6, 6.07) is 5.97. The highest BCUT2D eigenvalue weighted by Crippen LogP contribution is 2.41. The molecular weight excluding hydrogens is 302 g/mol. The van der Waals surface area contributed by atoms with Gasteiger partial charge in [-0.1, -0.05) is 6.07 Å². The van der Waals surface area contributed by atoms with E-state index in [0.717, 1.165) is 51.0 Å². The van der Waals surface area contributed by atoms with Crippen molar-refractivity contribution in [2.24, 2.45) is 5.41 Å². The summed E-state index contributed by atoms with van der Waals surface area (Å²) in [5, 5.41) is 0. The summed E-state index contributed by atoms with van der Waals surface area (Å²) in [4.78, 5) is 21.7. The van der Waals surface area contributed by atoms with Crippen molar-refractivity contribution in [2.75, 3.05) is 19.6 Å². The number of nitrogens with zero attached hydrogens (tertiary/aromatic N) is 3. The van der Waals surface area contributed by atoms with Gasteiger partial charge in [0, 0.05) is 44.1 Å². The monoisotopic (exact) mass is 325 g/mol. The van der Waals surface area contributed by atoms with Crippen LogP contribution in [-0.2, 0) is 17.9 Å². The Kier molecular flexibility index (Phi) is 4.10. The molecule has 4 rings (SSSR count). The SMILES string of the molecule is O=C1N(Cc2cccnc2)CC[C@@]12CCCN(Cc1ccoc1)C2. The molecule has 0 unspecified atom stereocenters. The van der Waals surface area contributed by atoms with Crippen LogP contribution in [0.5, 0.6) is 0 Å². The number of pyridine rings is 1. The highest BCUT2D eigenvalue weighted by Gasteiger charge is 2.48. The number of likely N-dealkylation sites (tertiary alicyclic amines) is 2. The molecular formula is C19H23N3O2. The van der Waals surface area contributed by atoms with Gasteiger partial charge in [-0.05, 0) is 43.5 Å². The Morgan fingerprint density at radius 1 is 1.17 bits per heavy atom. The van der Waals surface area contributed by atoms with Crippen molar-refractivity contribution in [3.05, 3.63) is 54.2 Å². The number of amides is 1. The van der Waals surface area contributed by atoms with Crippen LogP contribution in [0.3, 0.4) is 0 Å². The average Bonchev–Trinajstić information content (AvgIpc) is 3.21. The van der Waals surface area contributed by atoms with Crippen molar-refractivity contribution in [1.29, 1.82) is 0 Å². The summed E-state index contributed by atoms with van der Waals surface area (Å²) in [6.45, 7) is 4.32. The number of carbonyl (C=O) groups excluding carboxylic acids is 1. The van der Waals surface area contributed by atoms with Gasteiger partial charge >= 0.3 is 0 Å². The van der Waals surface area contributed by atoms with Gasteiger partial charge in [-0.15, -0.1) is 0 Å². The molecule has 2 aromatic rings. The van der Waals surface area contributed by atoms with E-state index in [9.17, 15) is 4.79 Å². The molecule has 1 spiro atoms. The van der Waals surface area contributed by atoms with Crippen molar-refractivity contribution in [3.8, 4) is 0 Å². The predicted octanol–water partition coefficient (Wildman–Crippen LogP) is 2.69. The number of aromatic nitrogens is 1. The minimum absolute atomic E-state index is 0.190. The molecule has 5 heteroatoms. The van der Waals surface area contributed by atoms with Crippen LogP contribution in [0.2, 0.25) is 0 Å². The second-order valence-electron chi connectivity index (χ2n) is 7.06. The first-order chi connectivity index (χ1) is 11.8. The van der Waals surface area contributed by atoms with Gasteiger partial charge in [-0.3, -0.25) is 14.7 Å². The molecule has 2 aliphatic heterocycles. The van der Waals surface area contributed by atoms with Gasteiger partial charge in [0.05, 0.1) is 17.9 Å². The van der Waals surface area contributed by atoms with Gasteiger partial charge in [-0.2, -0.15) is 0 Å². The Morgan fingerprint density at radius 2 is 2.12 bits per heavy atom. The van der Waals surface area contributed by atoms with E-state index >= 15 is 0 Å². The normalized spacial score (nSPS) is 24.8. The van der Waals surface area contributed by atoms with E-state index < -0.39 is 0 Å². The minimum Gasteiger partial charge on any atom is -0.472 e. The lowest BCUT2D eigenvalue weighted by atomic mass is 9.78. The first-order valence-corrected chi connectivity index (χ1v) is 8.67. The van der Waals surface area contributed by atoms with Gasteiger partial charge in [0.25, 0.3) is 0 Å². The zero-order chi connectivity index (χ0) is 16.4. The molecule has 5 nitrogen and oxygen atoms in total. The Balaban J connectivity index is 1.44. The van der Waals surface area contributed by atoms with Crippen molar-refractivity contribution >= 4 is 5.91 Å². The molecule has 1 atom stereocenters. The highest BCUT2D eigenvalue weighted by molar-refractivity contribution is 5.85. The zero-order valence-corrected chi connectivity index (χ0v) is 13.9. The first-order valence-electron chi connectivity index (χ1n) is 8.67. The predicted molar refractivity (Wildman–Crippen MR) is 89.9 cm³/mol. The Bertz CT molecular complexity index is 686. The summed E-state index contributed by atoms with van der Waals surface area (Å²) < 4.78 is 5.17. The van der Waals surface area contributed by atoms with E-state index in [1.165, 1.54) is 5.56 Å². The van der Waals surface area contributed by atoms with Crippen LogP contribution in [0, 0.1) is 5.41 Å². The molecule has 4 heterocycles. The van der Waals surface area contributed by atoms with E-state index in [1.54, 1.807) is 18.7 Å². The molecule has 2 aromatic heterocycles. The van der Waals surface area contributed by atoms with Crippen LogP contribution < -0.4 is 0 Å². The molecule has 1 amide bonds. The molecule has 2 fully saturated rings. The third-order valence-corrected chi connectivity index (χ3v) is 5.34. The second-order valence-corrected chi connectivity index (χ2v) is 7.06. The lowest BCUT2D eigenvalue weighted by Gasteiger charge is -2.39. The highest BCUT2D eigenvalue weighted by atomic mass is 16.3. The third-order valence-electron chi connectivity index (χ3n) is 5.34. The summed E-state index contributed by atoms with van der Waals surface area (Å²) in [7, 11) is 0. The maximum absolute atomic E-state index is 13.1. The largest absolute Gasteiger partial charge is 0.472 e. The van der Waals surface area contributed by atoms with E-state index in [0.29, 0.717) is 12.5 Å². The quantitative estimate of drug-likeness (QED) is 0.867. The summed E-state index contributed by atoms with van der Waals surface area (Å²) in [5.41, 5.74) is 2.10. The van der Waals surface area contributed by atoms with Crippen LogP contribution >= 0.6 is 0 Å².